The summed E-state index contributed by atoms with van der Waals surface area (Å²) >= 11 is 1.56. The predicted molar refractivity (Wildman–Crippen MR) is 71.8 cm³/mol. The number of para-hydroxylation sites is 1. The second kappa shape index (κ2) is 5.69. The molecule has 0 fully saturated rings. The van der Waals surface area contributed by atoms with Crippen molar-refractivity contribution in [3.05, 3.63) is 35.7 Å². The fraction of sp³-hybridized carbons (Fsp3) is 0.308. The molecule has 0 aliphatic carbocycles. The van der Waals surface area contributed by atoms with Crippen LogP contribution in [0, 0.1) is 25.2 Å². The van der Waals surface area contributed by atoms with Crippen LogP contribution in [0.4, 0.5) is 0 Å². The Morgan fingerprint density at radius 1 is 1.28 bits per heavy atom. The van der Waals surface area contributed by atoms with E-state index in [-0.39, 0.29) is 0 Å². The van der Waals surface area contributed by atoms with Crippen LogP contribution in [0.25, 0.3) is 5.69 Å². The zero-order valence-electron chi connectivity index (χ0n) is 10.4. The highest BCUT2D eigenvalue weighted by Crippen LogP contribution is 2.24. The Morgan fingerprint density at radius 3 is 2.78 bits per heavy atom. The summed E-state index contributed by atoms with van der Waals surface area (Å²) in [7, 11) is 0. The zero-order valence-corrected chi connectivity index (χ0v) is 11.2. The number of nitriles is 1. The molecule has 5 heteroatoms. The Balaban J connectivity index is 2.36. The van der Waals surface area contributed by atoms with Crippen molar-refractivity contribution >= 4 is 11.8 Å². The smallest absolute Gasteiger partial charge is 0.195 e. The lowest BCUT2D eigenvalue weighted by Gasteiger charge is -2.10. The number of aryl methyl sites for hydroxylation is 2. The average molecular weight is 258 g/mol. The van der Waals surface area contributed by atoms with Gasteiger partial charge in [-0.2, -0.15) is 5.26 Å². The van der Waals surface area contributed by atoms with Gasteiger partial charge in [-0.3, -0.25) is 4.57 Å². The van der Waals surface area contributed by atoms with Crippen molar-refractivity contribution in [3.8, 4) is 11.8 Å². The SMILES string of the molecule is Cc1ccccc1-n1c(C)nnc1SCCC#N. The molecule has 2 rings (SSSR count). The minimum atomic E-state index is 0.518. The summed E-state index contributed by atoms with van der Waals surface area (Å²) in [5.41, 5.74) is 2.28. The lowest BCUT2D eigenvalue weighted by molar-refractivity contribution is 0.861. The van der Waals surface area contributed by atoms with Gasteiger partial charge in [-0.25, -0.2) is 0 Å². The predicted octanol–water partition coefficient (Wildman–Crippen LogP) is 2.89. The quantitative estimate of drug-likeness (QED) is 0.625. The first-order valence-electron chi connectivity index (χ1n) is 5.72. The summed E-state index contributed by atoms with van der Waals surface area (Å²) in [6, 6.07) is 10.3. The van der Waals surface area contributed by atoms with Crippen molar-refractivity contribution in [2.75, 3.05) is 5.75 Å². The summed E-state index contributed by atoms with van der Waals surface area (Å²) in [6.45, 7) is 4.01. The van der Waals surface area contributed by atoms with Crippen molar-refractivity contribution in [1.82, 2.24) is 14.8 Å². The normalized spacial score (nSPS) is 10.3. The molecule has 1 aromatic carbocycles. The molecule has 0 saturated carbocycles. The molecule has 0 unspecified atom stereocenters. The van der Waals surface area contributed by atoms with E-state index in [9.17, 15) is 0 Å². The number of hydrogen-bond donors (Lipinski definition) is 0. The number of aromatic nitrogens is 3. The topological polar surface area (TPSA) is 54.5 Å². The maximum absolute atomic E-state index is 8.57. The first-order valence-corrected chi connectivity index (χ1v) is 6.70. The van der Waals surface area contributed by atoms with E-state index in [1.54, 1.807) is 11.8 Å². The van der Waals surface area contributed by atoms with Crippen molar-refractivity contribution < 1.29 is 0 Å². The fourth-order valence-corrected chi connectivity index (χ4v) is 2.55. The van der Waals surface area contributed by atoms with Crippen LogP contribution in [0.5, 0.6) is 0 Å². The zero-order chi connectivity index (χ0) is 13.0. The summed E-state index contributed by atoms with van der Waals surface area (Å²) in [4.78, 5) is 0. The molecule has 2 aromatic rings. The van der Waals surface area contributed by atoms with Gasteiger partial charge in [-0.1, -0.05) is 30.0 Å². The van der Waals surface area contributed by atoms with Gasteiger partial charge in [0.1, 0.15) is 5.82 Å². The van der Waals surface area contributed by atoms with Crippen LogP contribution in [0.2, 0.25) is 0 Å². The summed E-state index contributed by atoms with van der Waals surface area (Å²) in [5, 5.41) is 17.7. The van der Waals surface area contributed by atoms with Crippen LogP contribution in [0.15, 0.2) is 29.4 Å². The highest BCUT2D eigenvalue weighted by molar-refractivity contribution is 7.99. The molecule has 0 amide bonds. The van der Waals surface area contributed by atoms with E-state index in [0.717, 1.165) is 22.4 Å². The van der Waals surface area contributed by atoms with E-state index < -0.39 is 0 Å². The highest BCUT2D eigenvalue weighted by atomic mass is 32.2. The molecule has 4 nitrogen and oxygen atoms in total. The number of nitrogens with zero attached hydrogens (tertiary/aromatic N) is 4. The third-order valence-electron chi connectivity index (χ3n) is 2.60. The Bertz CT molecular complexity index is 583. The van der Waals surface area contributed by atoms with Crippen LogP contribution in [-0.4, -0.2) is 20.5 Å². The van der Waals surface area contributed by atoms with Crippen molar-refractivity contribution in [2.45, 2.75) is 25.4 Å². The van der Waals surface area contributed by atoms with Crippen LogP contribution in [0.1, 0.15) is 17.8 Å². The van der Waals surface area contributed by atoms with Crippen molar-refractivity contribution in [1.29, 1.82) is 5.26 Å². The molecule has 1 heterocycles. The number of benzene rings is 1. The maximum Gasteiger partial charge on any atom is 0.195 e. The maximum atomic E-state index is 8.57. The summed E-state index contributed by atoms with van der Waals surface area (Å²) in [6.07, 6.45) is 0.518. The van der Waals surface area contributed by atoms with Crippen molar-refractivity contribution in [2.24, 2.45) is 0 Å². The number of rotatable bonds is 4. The molecule has 92 valence electrons. The molecule has 0 radical (unpaired) electrons. The monoisotopic (exact) mass is 258 g/mol. The fourth-order valence-electron chi connectivity index (χ4n) is 1.72. The molecule has 18 heavy (non-hydrogen) atoms. The minimum absolute atomic E-state index is 0.518. The Kier molecular flexibility index (Phi) is 4.00. The second-order valence-corrected chi connectivity index (χ2v) is 4.97. The van der Waals surface area contributed by atoms with Gasteiger partial charge in [-0.15, -0.1) is 10.2 Å². The molecule has 0 atom stereocenters. The Hall–Kier alpha value is -1.80. The molecule has 0 saturated heterocycles. The molecule has 0 aliphatic heterocycles. The van der Waals surface area contributed by atoms with Gasteiger partial charge >= 0.3 is 0 Å². The third-order valence-corrected chi connectivity index (χ3v) is 3.53. The van der Waals surface area contributed by atoms with Crippen LogP contribution < -0.4 is 0 Å². The molecular formula is C13H14N4S. The van der Waals surface area contributed by atoms with Gasteiger partial charge in [0, 0.05) is 12.2 Å². The summed E-state index contributed by atoms with van der Waals surface area (Å²) in [5.74, 6) is 1.60. The largest absolute Gasteiger partial charge is 0.274 e. The molecule has 1 aromatic heterocycles. The Labute approximate surface area is 111 Å². The molecule has 0 aliphatic rings. The van der Waals surface area contributed by atoms with E-state index >= 15 is 0 Å². The van der Waals surface area contributed by atoms with Gasteiger partial charge in [-0.05, 0) is 25.5 Å². The van der Waals surface area contributed by atoms with Crippen LogP contribution >= 0.6 is 11.8 Å². The molecule has 0 bridgehead atoms. The minimum Gasteiger partial charge on any atom is -0.274 e. The lowest BCUT2D eigenvalue weighted by atomic mass is 10.2. The Morgan fingerprint density at radius 2 is 2.06 bits per heavy atom. The highest BCUT2D eigenvalue weighted by Gasteiger charge is 2.12. The van der Waals surface area contributed by atoms with E-state index in [1.165, 1.54) is 5.56 Å². The van der Waals surface area contributed by atoms with Gasteiger partial charge in [0.2, 0.25) is 0 Å². The van der Waals surface area contributed by atoms with Crippen molar-refractivity contribution in [3.63, 3.8) is 0 Å². The second-order valence-electron chi connectivity index (χ2n) is 3.91. The van der Waals surface area contributed by atoms with Gasteiger partial charge in [0.05, 0.1) is 11.8 Å². The van der Waals surface area contributed by atoms with Gasteiger partial charge in [0.15, 0.2) is 5.16 Å². The first-order chi connectivity index (χ1) is 8.74. The van der Waals surface area contributed by atoms with Crippen LogP contribution in [0.3, 0.4) is 0 Å². The van der Waals surface area contributed by atoms with E-state index in [1.807, 2.05) is 23.6 Å². The standard InChI is InChI=1S/C13H14N4S/c1-10-6-3-4-7-12(10)17-11(2)15-16-13(17)18-9-5-8-14/h3-4,6-7H,5,9H2,1-2H3. The lowest BCUT2D eigenvalue weighted by Crippen LogP contribution is -2.01. The van der Waals surface area contributed by atoms with E-state index in [0.29, 0.717) is 6.42 Å². The summed E-state index contributed by atoms with van der Waals surface area (Å²) < 4.78 is 2.04. The van der Waals surface area contributed by atoms with E-state index in [4.69, 9.17) is 5.26 Å². The average Bonchev–Trinajstić information content (AvgIpc) is 2.72. The third kappa shape index (κ3) is 2.54. The van der Waals surface area contributed by atoms with Gasteiger partial charge < -0.3 is 0 Å². The molecular weight excluding hydrogens is 244 g/mol. The first kappa shape index (κ1) is 12.7. The number of hydrogen-bond acceptors (Lipinski definition) is 4. The molecule has 0 N–H and O–H groups in total. The van der Waals surface area contributed by atoms with Crippen LogP contribution in [-0.2, 0) is 0 Å². The van der Waals surface area contributed by atoms with E-state index in [2.05, 4.69) is 35.3 Å². The van der Waals surface area contributed by atoms with Gasteiger partial charge in [0.25, 0.3) is 0 Å². The number of thioether (sulfide) groups is 1. The molecule has 0 spiro atoms.